The molecule has 0 amide bonds. The van der Waals surface area contributed by atoms with Crippen molar-refractivity contribution >= 4 is 57.4 Å². The second-order valence-corrected chi connectivity index (χ2v) is 18.6. The number of aromatic amines is 1. The molecule has 0 atom stereocenters. The second-order valence-electron chi connectivity index (χ2n) is 17.8. The molecule has 31 nitrogen and oxygen atoms in total. The van der Waals surface area contributed by atoms with Gasteiger partial charge in [-0.3, -0.25) is 9.78 Å². The fourth-order valence-electron chi connectivity index (χ4n) is 7.35. The number of carbonyl (C=O) groups excluding carboxylic acids is 1. The Morgan fingerprint density at radius 2 is 0.955 bits per heavy atom. The Morgan fingerprint density at radius 3 is 1.35 bits per heavy atom. The van der Waals surface area contributed by atoms with Crippen molar-refractivity contribution in [2.24, 2.45) is 7.05 Å². The summed E-state index contributed by atoms with van der Waals surface area (Å²) in [6, 6.07) is 37.9. The van der Waals surface area contributed by atoms with E-state index in [-0.39, 0.29) is 23.0 Å². The summed E-state index contributed by atoms with van der Waals surface area (Å²) in [6.45, 7) is 10.5. The first-order valence-corrected chi connectivity index (χ1v) is 26.4. The molecule has 32 heteroatoms. The van der Waals surface area contributed by atoms with Gasteiger partial charge < -0.3 is 44.9 Å². The van der Waals surface area contributed by atoms with Crippen LogP contribution in [0.15, 0.2) is 110 Å². The van der Waals surface area contributed by atoms with E-state index in [0.29, 0.717) is 90.4 Å². The number of esters is 1. The van der Waals surface area contributed by atoms with Gasteiger partial charge in [0.15, 0.2) is 11.6 Å². The van der Waals surface area contributed by atoms with E-state index in [9.17, 15) is 4.79 Å². The number of ether oxygens (including phenoxy) is 1. The van der Waals surface area contributed by atoms with Gasteiger partial charge in [0.2, 0.25) is 0 Å². The predicted molar refractivity (Wildman–Crippen MR) is 330 cm³/mol. The molecule has 2 aromatic carbocycles. The summed E-state index contributed by atoms with van der Waals surface area (Å²) in [5.74, 6) is 2.45. The Balaban J connectivity index is 0.000000191. The van der Waals surface area contributed by atoms with Gasteiger partial charge in [-0.1, -0.05) is 42.5 Å². The Hall–Kier alpha value is -13.4. The number of nitrogens with zero attached hydrogens (tertiary/aromatic N) is 21. The van der Waals surface area contributed by atoms with Crippen molar-refractivity contribution in [3.8, 4) is 59.6 Å². The highest BCUT2D eigenvalue weighted by atomic mass is 32.1. The lowest BCUT2D eigenvalue weighted by atomic mass is 10.2. The Kier molecular flexibility index (Phi) is 23.3. The number of benzene rings is 2. The number of nitrogen functional groups attached to an aromatic ring is 7. The molecule has 0 fully saturated rings. The number of nitrogens with two attached hydrogens (primary N) is 7. The van der Waals surface area contributed by atoms with Gasteiger partial charge in [-0.25, -0.2) is 29.1 Å². The summed E-state index contributed by atoms with van der Waals surface area (Å²) in [4.78, 5) is 23.4. The van der Waals surface area contributed by atoms with Crippen molar-refractivity contribution in [3.05, 3.63) is 183 Å². The zero-order valence-electron chi connectivity index (χ0n) is 49.0. The molecule has 9 heterocycles. The van der Waals surface area contributed by atoms with Crippen LogP contribution in [0.2, 0.25) is 0 Å². The zero-order valence-corrected chi connectivity index (χ0v) is 49.9. The molecule has 15 N–H and O–H groups in total. The van der Waals surface area contributed by atoms with Crippen molar-refractivity contribution in [1.29, 1.82) is 31.6 Å². The van der Waals surface area contributed by atoms with Gasteiger partial charge in [-0.05, 0) is 95.5 Å². The van der Waals surface area contributed by atoms with Gasteiger partial charge >= 0.3 is 5.97 Å². The van der Waals surface area contributed by atoms with Crippen LogP contribution in [0, 0.1) is 110 Å². The Bertz CT molecular complexity index is 4120. The number of rotatable bonds is 5. The minimum absolute atomic E-state index is 0.265. The molecule has 0 saturated carbocycles. The number of nitriles is 6. The molecule has 0 bridgehead atoms. The van der Waals surface area contributed by atoms with Crippen LogP contribution in [0.3, 0.4) is 0 Å². The normalized spacial score (nSPS) is 9.64. The fourth-order valence-corrected chi connectivity index (χ4v) is 7.96. The summed E-state index contributed by atoms with van der Waals surface area (Å²) >= 11 is 1.16. The first kappa shape index (κ1) is 66.4. The summed E-state index contributed by atoms with van der Waals surface area (Å²) in [5, 5.41) is 79.1. The molecule has 0 radical (unpaired) electrons. The van der Waals surface area contributed by atoms with Crippen molar-refractivity contribution in [2.75, 3.05) is 47.2 Å². The monoisotopic (exact) mass is 1210 g/mol. The average molecular weight is 1210 g/mol. The maximum absolute atomic E-state index is 11.3. The standard InChI is InChI=1S/C11H10N4.C11H11N3O2.C10H9N5.C9H8N6.C6H8N4.C5H6N4.C5H5N3S/c1-8-10(7-12)11(13)15(14-8)9-5-3-2-4-6-9;1-16-11(15)9-7-13-14(10(9)12)8-5-3-2-4-6-8;1-7-8(6-11)10(12)15(14-7)9-4-2-3-5-13-9;1-6-7(5-10)8(11)15(14-6)9-12-3-2-4-13-9;1-4-5(3-7)6(8)10(2)9-4;2*1-3-4(2-6)5(7)9-8-3/h2-6H,13H2,1H3;2-7H,12H2,1H3;2-5H,12H2,1H3;2-4H,11H2,1H3;8H2,1-2H3;1H3,(H3,7,8,9);7H2,1H3. The lowest BCUT2D eigenvalue weighted by Crippen LogP contribution is -2.07. The second kappa shape index (κ2) is 31.3. The van der Waals surface area contributed by atoms with Crippen LogP contribution in [-0.4, -0.2) is 91.5 Å². The lowest BCUT2D eigenvalue weighted by Gasteiger charge is -2.03. The van der Waals surface area contributed by atoms with Crippen LogP contribution in [0.4, 0.5) is 39.9 Å². The highest BCUT2D eigenvalue weighted by molar-refractivity contribution is 7.10. The van der Waals surface area contributed by atoms with Crippen LogP contribution in [0.5, 0.6) is 0 Å². The first-order chi connectivity index (χ1) is 42.6. The lowest BCUT2D eigenvalue weighted by molar-refractivity contribution is 0.0602. The Morgan fingerprint density at radius 1 is 0.506 bits per heavy atom. The van der Waals surface area contributed by atoms with E-state index >= 15 is 0 Å². The smallest absolute Gasteiger partial charge is 0.343 e. The van der Waals surface area contributed by atoms with E-state index < -0.39 is 5.97 Å². The summed E-state index contributed by atoms with van der Waals surface area (Å²) < 4.78 is 15.9. The third-order valence-electron chi connectivity index (χ3n) is 11.9. The summed E-state index contributed by atoms with van der Waals surface area (Å²) in [6.07, 6.45) is 6.22. The number of nitrogens with one attached hydrogen (secondary N) is 1. The summed E-state index contributed by atoms with van der Waals surface area (Å²) in [7, 11) is 3.02. The molecule has 0 aliphatic carbocycles. The topological polar surface area (TPSA) is 521 Å². The van der Waals surface area contributed by atoms with Crippen LogP contribution < -0.4 is 40.1 Å². The van der Waals surface area contributed by atoms with Crippen LogP contribution in [0.1, 0.15) is 77.9 Å². The summed E-state index contributed by atoms with van der Waals surface area (Å²) in [5.41, 5.74) is 47.9. The Labute approximate surface area is 513 Å². The molecule has 0 saturated heterocycles. The quantitative estimate of drug-likeness (QED) is 0.0973. The number of carbonyl (C=O) groups is 1. The molecule has 89 heavy (non-hydrogen) atoms. The number of aromatic nitrogens is 16. The molecule has 0 unspecified atom stereocenters. The first-order valence-electron chi connectivity index (χ1n) is 25.6. The number of anilines is 7. The molecule has 0 aliphatic heterocycles. The van der Waals surface area contributed by atoms with Gasteiger partial charge in [-0.2, -0.15) is 75.9 Å². The van der Waals surface area contributed by atoms with Crippen LogP contribution in [0.25, 0.3) is 23.1 Å². The van der Waals surface area contributed by atoms with Crippen molar-refractivity contribution in [2.45, 2.75) is 41.5 Å². The maximum Gasteiger partial charge on any atom is 0.343 e. The third kappa shape index (κ3) is 16.2. The van der Waals surface area contributed by atoms with Crippen LogP contribution >= 0.6 is 11.5 Å². The van der Waals surface area contributed by atoms with E-state index in [0.717, 1.165) is 34.3 Å². The van der Waals surface area contributed by atoms with E-state index in [1.54, 1.807) is 90.1 Å². The fraction of sp³-hybridized carbons (Fsp3) is 0.140. The van der Waals surface area contributed by atoms with Gasteiger partial charge in [-0.15, -0.1) is 0 Å². The molecular formula is C57H57N29O2S. The van der Waals surface area contributed by atoms with Gasteiger partial charge in [0.1, 0.15) is 109 Å². The SMILES string of the molecule is COC(=O)c1cnn(-c2ccccc2)c1N.Cc1[nH]nc(N)c1C#N.Cc1nn(-c2ccccc2)c(N)c1C#N.Cc1nn(-c2ccccn2)c(N)c1C#N.Cc1nn(-c2ncccn2)c(N)c1C#N.Cc1nn(C)c(N)c1C#N.Cc1nsc(N)c1C#N. The zero-order chi connectivity index (χ0) is 65.5. The molecular weight excluding hydrogens is 1150 g/mol. The molecule has 9 aromatic heterocycles. The maximum atomic E-state index is 11.3. The van der Waals surface area contributed by atoms with Gasteiger partial charge in [0.05, 0.1) is 58.8 Å². The van der Waals surface area contributed by atoms with Crippen LogP contribution in [-0.2, 0) is 11.8 Å². The number of pyridine rings is 1. The van der Waals surface area contributed by atoms with E-state index in [4.69, 9.17) is 71.7 Å². The molecule has 11 rings (SSSR count). The number of methoxy groups -OCH3 is 1. The molecule has 448 valence electrons. The molecule has 0 aliphatic rings. The predicted octanol–water partition coefficient (Wildman–Crippen LogP) is 5.59. The van der Waals surface area contributed by atoms with E-state index in [1.165, 1.54) is 32.0 Å². The minimum Gasteiger partial charge on any atom is -0.465 e. The van der Waals surface area contributed by atoms with E-state index in [1.807, 2.05) is 103 Å². The number of hydrogen-bond donors (Lipinski definition) is 8. The molecule has 0 spiro atoms. The van der Waals surface area contributed by atoms with Crippen molar-refractivity contribution < 1.29 is 9.53 Å². The molecule has 11 aromatic rings. The highest BCUT2D eigenvalue weighted by Gasteiger charge is 2.18. The number of aryl methyl sites for hydroxylation is 7. The highest BCUT2D eigenvalue weighted by Crippen LogP contribution is 2.22. The van der Waals surface area contributed by atoms with E-state index in [2.05, 4.69) is 59.8 Å². The van der Waals surface area contributed by atoms with Crippen molar-refractivity contribution in [3.63, 3.8) is 0 Å². The van der Waals surface area contributed by atoms with Gasteiger partial charge in [0.25, 0.3) is 5.95 Å². The third-order valence-corrected chi connectivity index (χ3v) is 12.7. The minimum atomic E-state index is -0.486. The number of H-pyrrole nitrogens is 1. The largest absolute Gasteiger partial charge is 0.465 e. The number of para-hydroxylation sites is 2. The van der Waals surface area contributed by atoms with Crippen molar-refractivity contribution in [1.82, 2.24) is 78.4 Å². The number of hydrogen-bond acceptors (Lipinski definition) is 26. The van der Waals surface area contributed by atoms with Gasteiger partial charge in [0, 0.05) is 25.6 Å². The average Bonchev–Trinajstić information content (AvgIpc) is 4.54.